The van der Waals surface area contributed by atoms with Crippen LogP contribution in [0.1, 0.15) is 18.7 Å². The number of aromatic nitrogens is 3. The van der Waals surface area contributed by atoms with Crippen LogP contribution >= 0.6 is 34.5 Å². The fraction of sp³-hybridized carbons (Fsp3) is 0.364. The Morgan fingerprint density at radius 3 is 2.72 bits per heavy atom. The number of hydrogen-bond acceptors (Lipinski definition) is 5. The summed E-state index contributed by atoms with van der Waals surface area (Å²) in [6.45, 7) is 4.87. The SMILES string of the molecule is CC(C)N(Cc1cccs1)c1nc(Cl)nnc1Cl. The van der Waals surface area contributed by atoms with Gasteiger partial charge in [0, 0.05) is 10.9 Å². The van der Waals surface area contributed by atoms with Crippen LogP contribution in [0.3, 0.4) is 0 Å². The van der Waals surface area contributed by atoms with Crippen LogP contribution in [0.5, 0.6) is 0 Å². The largest absolute Gasteiger partial charge is 0.346 e. The Hall–Kier alpha value is -0.910. The Morgan fingerprint density at radius 1 is 1.33 bits per heavy atom. The van der Waals surface area contributed by atoms with E-state index in [0.717, 1.165) is 6.54 Å². The minimum absolute atomic E-state index is 0.103. The molecule has 0 unspecified atom stereocenters. The van der Waals surface area contributed by atoms with Crippen molar-refractivity contribution >= 4 is 40.4 Å². The number of halogens is 2. The molecule has 0 fully saturated rings. The van der Waals surface area contributed by atoms with Crippen LogP contribution in [0.4, 0.5) is 5.82 Å². The quantitative estimate of drug-likeness (QED) is 0.864. The van der Waals surface area contributed by atoms with Gasteiger partial charge in [-0.05, 0) is 36.9 Å². The maximum Gasteiger partial charge on any atom is 0.245 e. The molecule has 0 bridgehead atoms. The molecule has 96 valence electrons. The van der Waals surface area contributed by atoms with E-state index in [2.05, 4.69) is 40.0 Å². The van der Waals surface area contributed by atoms with Gasteiger partial charge in [-0.3, -0.25) is 0 Å². The number of rotatable bonds is 4. The molecule has 0 aliphatic carbocycles. The van der Waals surface area contributed by atoms with Crippen LogP contribution < -0.4 is 4.90 Å². The molecule has 0 amide bonds. The van der Waals surface area contributed by atoms with E-state index < -0.39 is 0 Å². The van der Waals surface area contributed by atoms with Gasteiger partial charge in [0.05, 0.1) is 6.54 Å². The average molecular weight is 303 g/mol. The van der Waals surface area contributed by atoms with Crippen LogP contribution in [-0.4, -0.2) is 21.2 Å². The van der Waals surface area contributed by atoms with Gasteiger partial charge in [0.2, 0.25) is 5.28 Å². The number of thiophene rings is 1. The molecule has 0 spiro atoms. The first-order valence-corrected chi connectivity index (χ1v) is 7.06. The maximum absolute atomic E-state index is 6.04. The molecule has 0 saturated carbocycles. The normalized spacial score (nSPS) is 10.9. The van der Waals surface area contributed by atoms with Crippen molar-refractivity contribution in [2.45, 2.75) is 26.4 Å². The van der Waals surface area contributed by atoms with Gasteiger partial charge in [-0.25, -0.2) is 0 Å². The molecule has 7 heteroatoms. The molecule has 0 atom stereocenters. The highest BCUT2D eigenvalue weighted by molar-refractivity contribution is 7.09. The van der Waals surface area contributed by atoms with Gasteiger partial charge in [0.1, 0.15) is 0 Å². The highest BCUT2D eigenvalue weighted by atomic mass is 35.5. The molecule has 2 heterocycles. The maximum atomic E-state index is 6.04. The summed E-state index contributed by atoms with van der Waals surface area (Å²) in [6, 6.07) is 4.33. The fourth-order valence-corrected chi connectivity index (χ4v) is 2.55. The first-order chi connectivity index (χ1) is 8.58. The van der Waals surface area contributed by atoms with Crippen molar-refractivity contribution in [1.29, 1.82) is 0 Å². The van der Waals surface area contributed by atoms with Crippen LogP contribution in [0.25, 0.3) is 0 Å². The number of anilines is 1. The topological polar surface area (TPSA) is 41.9 Å². The Morgan fingerprint density at radius 2 is 2.11 bits per heavy atom. The van der Waals surface area contributed by atoms with E-state index in [0.29, 0.717) is 5.82 Å². The fourth-order valence-electron chi connectivity index (χ4n) is 1.54. The second-order valence-corrected chi connectivity index (χ2v) is 5.72. The Kier molecular flexibility index (Phi) is 4.37. The van der Waals surface area contributed by atoms with Crippen molar-refractivity contribution in [2.24, 2.45) is 0 Å². The lowest BCUT2D eigenvalue weighted by atomic mass is 10.3. The second kappa shape index (κ2) is 5.82. The highest BCUT2D eigenvalue weighted by Crippen LogP contribution is 2.26. The zero-order valence-corrected chi connectivity index (χ0v) is 12.3. The van der Waals surface area contributed by atoms with Crippen molar-refractivity contribution in [3.63, 3.8) is 0 Å². The van der Waals surface area contributed by atoms with Gasteiger partial charge in [-0.2, -0.15) is 4.98 Å². The van der Waals surface area contributed by atoms with Crippen LogP contribution in [-0.2, 0) is 6.54 Å². The summed E-state index contributed by atoms with van der Waals surface area (Å²) in [5.41, 5.74) is 0. The van der Waals surface area contributed by atoms with Crippen LogP contribution in [0.15, 0.2) is 17.5 Å². The smallest absolute Gasteiger partial charge is 0.245 e. The third-order valence-corrected chi connectivity index (χ3v) is 3.67. The third-order valence-electron chi connectivity index (χ3n) is 2.40. The molecule has 18 heavy (non-hydrogen) atoms. The van der Waals surface area contributed by atoms with E-state index in [1.807, 2.05) is 11.4 Å². The Labute approximate surface area is 120 Å². The average Bonchev–Trinajstić information content (AvgIpc) is 2.82. The summed E-state index contributed by atoms with van der Waals surface area (Å²) in [5, 5.41) is 9.83. The lowest BCUT2D eigenvalue weighted by molar-refractivity contribution is 0.671. The molecular formula is C11H12Cl2N4S. The minimum Gasteiger partial charge on any atom is -0.346 e. The molecule has 0 N–H and O–H groups in total. The molecule has 0 saturated heterocycles. The zero-order valence-electron chi connectivity index (χ0n) is 9.97. The van der Waals surface area contributed by atoms with Gasteiger partial charge in [-0.15, -0.1) is 21.5 Å². The first kappa shape index (κ1) is 13.5. The van der Waals surface area contributed by atoms with Crippen molar-refractivity contribution in [3.8, 4) is 0 Å². The summed E-state index contributed by atoms with van der Waals surface area (Å²) < 4.78 is 0. The Bertz CT molecular complexity index is 516. The van der Waals surface area contributed by atoms with E-state index in [9.17, 15) is 0 Å². The van der Waals surface area contributed by atoms with E-state index >= 15 is 0 Å². The molecular weight excluding hydrogens is 291 g/mol. The van der Waals surface area contributed by atoms with Crippen LogP contribution in [0, 0.1) is 0 Å². The molecule has 2 aromatic heterocycles. The summed E-state index contributed by atoms with van der Waals surface area (Å²) >= 11 is 13.5. The molecule has 0 aliphatic heterocycles. The van der Waals surface area contributed by atoms with Gasteiger partial charge in [-0.1, -0.05) is 17.7 Å². The van der Waals surface area contributed by atoms with Gasteiger partial charge >= 0.3 is 0 Å². The predicted octanol–water partition coefficient (Wildman–Crippen LogP) is 3.65. The van der Waals surface area contributed by atoms with Crippen molar-refractivity contribution in [2.75, 3.05) is 4.90 Å². The lowest BCUT2D eigenvalue weighted by Gasteiger charge is -2.27. The Balaban J connectivity index is 2.32. The molecule has 0 aromatic carbocycles. The zero-order chi connectivity index (χ0) is 13.1. The lowest BCUT2D eigenvalue weighted by Crippen LogP contribution is -2.31. The summed E-state index contributed by atoms with van der Waals surface area (Å²) in [5.74, 6) is 0.570. The van der Waals surface area contributed by atoms with Crippen LogP contribution in [0.2, 0.25) is 10.4 Å². The minimum atomic E-state index is 0.103. The molecule has 0 aliphatic rings. The molecule has 4 nitrogen and oxygen atoms in total. The summed E-state index contributed by atoms with van der Waals surface area (Å²) in [7, 11) is 0. The van der Waals surface area contributed by atoms with Gasteiger partial charge < -0.3 is 4.90 Å². The third kappa shape index (κ3) is 3.10. The van der Waals surface area contributed by atoms with E-state index in [4.69, 9.17) is 23.2 Å². The summed E-state index contributed by atoms with van der Waals surface area (Å²) in [6.07, 6.45) is 0. The number of nitrogens with zero attached hydrogens (tertiary/aromatic N) is 4. The second-order valence-electron chi connectivity index (χ2n) is 4.00. The standard InChI is InChI=1S/C11H12Cl2N4S/c1-7(2)17(6-8-4-3-5-18-8)10-9(12)15-16-11(13)14-10/h3-5,7H,6H2,1-2H3. The monoisotopic (exact) mass is 302 g/mol. The van der Waals surface area contributed by atoms with Crippen molar-refractivity contribution < 1.29 is 0 Å². The molecule has 2 aromatic rings. The van der Waals surface area contributed by atoms with Crippen molar-refractivity contribution in [1.82, 2.24) is 15.2 Å². The van der Waals surface area contributed by atoms with E-state index in [1.165, 1.54) is 4.88 Å². The first-order valence-electron chi connectivity index (χ1n) is 5.42. The van der Waals surface area contributed by atoms with Gasteiger partial charge in [0.15, 0.2) is 11.0 Å². The van der Waals surface area contributed by atoms with E-state index in [-0.39, 0.29) is 16.5 Å². The predicted molar refractivity (Wildman–Crippen MR) is 75.5 cm³/mol. The summed E-state index contributed by atoms with van der Waals surface area (Å²) in [4.78, 5) is 7.45. The molecule has 0 radical (unpaired) electrons. The van der Waals surface area contributed by atoms with Crippen molar-refractivity contribution in [3.05, 3.63) is 32.8 Å². The van der Waals surface area contributed by atoms with Gasteiger partial charge in [0.25, 0.3) is 0 Å². The van der Waals surface area contributed by atoms with E-state index in [1.54, 1.807) is 11.3 Å². The number of hydrogen-bond donors (Lipinski definition) is 0. The molecule has 2 rings (SSSR count). The highest BCUT2D eigenvalue weighted by Gasteiger charge is 2.18.